The molecule has 0 saturated heterocycles. The lowest BCUT2D eigenvalue weighted by atomic mass is 9.96. The van der Waals surface area contributed by atoms with Crippen LogP contribution < -0.4 is 16.8 Å². The number of hydrogen-bond donors (Lipinski definition) is 3. The molecule has 9 heteroatoms. The predicted octanol–water partition coefficient (Wildman–Crippen LogP) is 4.24. The highest BCUT2D eigenvalue weighted by atomic mass is 32.2. The molecular weight excluding hydrogens is 460 g/mol. The lowest BCUT2D eigenvalue weighted by Gasteiger charge is -2.18. The number of nitrogens with one attached hydrogen (secondary N) is 1. The summed E-state index contributed by atoms with van der Waals surface area (Å²) in [6, 6.07) is 18.0. The van der Waals surface area contributed by atoms with Crippen molar-refractivity contribution >= 4 is 35.1 Å². The van der Waals surface area contributed by atoms with E-state index < -0.39 is 11.2 Å². The van der Waals surface area contributed by atoms with Gasteiger partial charge in [-0.25, -0.2) is 4.98 Å². The van der Waals surface area contributed by atoms with Gasteiger partial charge in [-0.2, -0.15) is 10.5 Å². The zero-order valence-electron chi connectivity index (χ0n) is 19.3. The Hall–Kier alpha value is -4.34. The van der Waals surface area contributed by atoms with Gasteiger partial charge in [0.05, 0.1) is 10.8 Å². The van der Waals surface area contributed by atoms with Gasteiger partial charge in [-0.15, -0.1) is 0 Å². The van der Waals surface area contributed by atoms with Crippen molar-refractivity contribution in [2.24, 2.45) is 5.73 Å². The van der Waals surface area contributed by atoms with Crippen molar-refractivity contribution in [3.8, 4) is 23.3 Å². The standard InChI is InChI=1S/C26H24N6O2S/c1-3-15-5-7-16(8-6-15)22-19(13-27)23(29)32-26(20(22)14-28)35-21(4-2)25(34)31-18-11-9-17(10-12-18)24(30)33/h5-12,21H,3-4H2,1-2H3,(H2,29,32)(H2,30,33)(H,31,34). The molecule has 1 atom stereocenters. The number of nitrogens with zero attached hydrogens (tertiary/aromatic N) is 3. The summed E-state index contributed by atoms with van der Waals surface area (Å²) in [5.41, 5.74) is 14.7. The first-order valence-electron chi connectivity index (χ1n) is 10.9. The maximum atomic E-state index is 13.0. The number of hydrogen-bond acceptors (Lipinski definition) is 7. The Morgan fingerprint density at radius 2 is 1.66 bits per heavy atom. The second-order valence-electron chi connectivity index (χ2n) is 7.65. The van der Waals surface area contributed by atoms with Crippen molar-refractivity contribution in [3.05, 3.63) is 70.8 Å². The number of rotatable bonds is 8. The van der Waals surface area contributed by atoms with E-state index in [1.54, 1.807) is 12.1 Å². The Balaban J connectivity index is 1.96. The van der Waals surface area contributed by atoms with Gasteiger partial charge < -0.3 is 16.8 Å². The molecule has 2 aromatic carbocycles. The fourth-order valence-corrected chi connectivity index (χ4v) is 4.50. The number of aromatic nitrogens is 1. The van der Waals surface area contributed by atoms with Crippen molar-refractivity contribution in [1.82, 2.24) is 4.98 Å². The lowest BCUT2D eigenvalue weighted by molar-refractivity contribution is -0.115. The van der Waals surface area contributed by atoms with Crippen LogP contribution in [0, 0.1) is 22.7 Å². The predicted molar refractivity (Wildman–Crippen MR) is 136 cm³/mol. The summed E-state index contributed by atoms with van der Waals surface area (Å²) in [6.45, 7) is 3.88. The number of anilines is 2. The highest BCUT2D eigenvalue weighted by Gasteiger charge is 2.25. The fourth-order valence-electron chi connectivity index (χ4n) is 3.48. The minimum atomic E-state index is -0.590. The maximum Gasteiger partial charge on any atom is 0.248 e. The smallest absolute Gasteiger partial charge is 0.248 e. The van der Waals surface area contributed by atoms with Crippen molar-refractivity contribution in [1.29, 1.82) is 10.5 Å². The van der Waals surface area contributed by atoms with E-state index in [4.69, 9.17) is 11.5 Å². The van der Waals surface area contributed by atoms with Crippen molar-refractivity contribution in [3.63, 3.8) is 0 Å². The van der Waals surface area contributed by atoms with Crippen molar-refractivity contribution in [2.45, 2.75) is 37.0 Å². The van der Waals surface area contributed by atoms with E-state index in [9.17, 15) is 20.1 Å². The van der Waals surface area contributed by atoms with Crippen LogP contribution in [0.3, 0.4) is 0 Å². The summed E-state index contributed by atoms with van der Waals surface area (Å²) in [5.74, 6) is -0.855. The Kier molecular flexibility index (Phi) is 8.08. The lowest BCUT2D eigenvalue weighted by Crippen LogP contribution is -2.25. The van der Waals surface area contributed by atoms with E-state index in [0.717, 1.165) is 23.7 Å². The van der Waals surface area contributed by atoms with Gasteiger partial charge >= 0.3 is 0 Å². The molecular formula is C26H24N6O2S. The molecule has 3 aromatic rings. The summed E-state index contributed by atoms with van der Waals surface area (Å²) >= 11 is 1.12. The molecule has 0 bridgehead atoms. The van der Waals surface area contributed by atoms with Crippen LogP contribution in [-0.2, 0) is 11.2 Å². The van der Waals surface area contributed by atoms with Gasteiger partial charge in [-0.05, 0) is 48.2 Å². The largest absolute Gasteiger partial charge is 0.383 e. The topological polar surface area (TPSA) is 159 Å². The average molecular weight is 485 g/mol. The first-order chi connectivity index (χ1) is 16.8. The van der Waals surface area contributed by atoms with Crippen LogP contribution in [0.5, 0.6) is 0 Å². The third-order valence-electron chi connectivity index (χ3n) is 5.42. The SMILES string of the molecule is CCc1ccc(-c2c(C#N)c(N)nc(SC(CC)C(=O)Nc3ccc(C(N)=O)cc3)c2C#N)cc1. The average Bonchev–Trinajstić information content (AvgIpc) is 2.87. The van der Waals surface area contributed by atoms with Crippen molar-refractivity contribution < 1.29 is 9.59 Å². The number of pyridine rings is 1. The first-order valence-corrected chi connectivity index (χ1v) is 11.8. The van der Waals surface area contributed by atoms with Crippen LogP contribution in [0.25, 0.3) is 11.1 Å². The summed E-state index contributed by atoms with van der Waals surface area (Å²) in [7, 11) is 0. The summed E-state index contributed by atoms with van der Waals surface area (Å²) in [6.07, 6.45) is 1.30. The highest BCUT2D eigenvalue weighted by Crippen LogP contribution is 2.37. The third kappa shape index (κ3) is 5.60. The molecule has 0 aliphatic heterocycles. The van der Waals surface area contributed by atoms with E-state index in [1.165, 1.54) is 12.1 Å². The summed E-state index contributed by atoms with van der Waals surface area (Å²) in [5, 5.41) is 22.2. The van der Waals surface area contributed by atoms with Gasteiger partial charge in [0, 0.05) is 16.8 Å². The molecule has 8 nitrogen and oxygen atoms in total. The van der Waals surface area contributed by atoms with Gasteiger partial charge in [0.25, 0.3) is 0 Å². The molecule has 1 unspecified atom stereocenters. The van der Waals surface area contributed by atoms with Crippen LogP contribution in [0.1, 0.15) is 47.3 Å². The molecule has 35 heavy (non-hydrogen) atoms. The van der Waals surface area contributed by atoms with Crippen LogP contribution in [0.2, 0.25) is 0 Å². The number of nitriles is 2. The summed E-state index contributed by atoms with van der Waals surface area (Å²) in [4.78, 5) is 28.5. The van der Waals surface area contributed by atoms with Gasteiger partial charge in [0.2, 0.25) is 11.8 Å². The highest BCUT2D eigenvalue weighted by molar-refractivity contribution is 8.00. The third-order valence-corrected chi connectivity index (χ3v) is 6.77. The molecule has 0 spiro atoms. The fraction of sp³-hybridized carbons (Fsp3) is 0.192. The zero-order chi connectivity index (χ0) is 25.5. The second kappa shape index (κ2) is 11.2. The molecule has 176 valence electrons. The zero-order valence-corrected chi connectivity index (χ0v) is 20.1. The normalized spacial score (nSPS) is 11.2. The Morgan fingerprint density at radius 1 is 1.03 bits per heavy atom. The quantitative estimate of drug-likeness (QED) is 0.403. The molecule has 5 N–H and O–H groups in total. The van der Waals surface area contributed by atoms with E-state index >= 15 is 0 Å². The monoisotopic (exact) mass is 484 g/mol. The number of benzene rings is 2. The van der Waals surface area contributed by atoms with Gasteiger partial charge in [0.15, 0.2) is 0 Å². The molecule has 0 aliphatic carbocycles. The number of nitrogen functional groups attached to an aromatic ring is 1. The van der Waals surface area contributed by atoms with Gasteiger partial charge in [-0.1, -0.05) is 49.9 Å². The molecule has 3 rings (SSSR count). The number of carbonyl (C=O) groups excluding carboxylic acids is 2. The molecule has 0 fully saturated rings. The number of aryl methyl sites for hydroxylation is 1. The summed E-state index contributed by atoms with van der Waals surface area (Å²) < 4.78 is 0. The Morgan fingerprint density at radius 3 is 2.17 bits per heavy atom. The van der Waals surface area contributed by atoms with Crippen molar-refractivity contribution in [2.75, 3.05) is 11.1 Å². The van der Waals surface area contributed by atoms with Crippen LogP contribution in [-0.4, -0.2) is 22.0 Å². The Bertz CT molecular complexity index is 1340. The van der Waals surface area contributed by atoms with E-state index in [1.807, 2.05) is 38.1 Å². The first kappa shape index (κ1) is 25.3. The maximum absolute atomic E-state index is 13.0. The molecule has 0 aliphatic rings. The Labute approximate surface area is 208 Å². The van der Waals surface area contributed by atoms with Crippen LogP contribution in [0.15, 0.2) is 53.6 Å². The molecule has 1 heterocycles. The molecule has 0 saturated carbocycles. The minimum absolute atomic E-state index is 0.000805. The second-order valence-corrected chi connectivity index (χ2v) is 8.84. The molecule has 0 radical (unpaired) electrons. The number of primary amides is 1. The van der Waals surface area contributed by atoms with E-state index in [-0.39, 0.29) is 27.9 Å². The van der Waals surface area contributed by atoms with Crippen LogP contribution in [0.4, 0.5) is 11.5 Å². The number of carbonyl (C=O) groups is 2. The van der Waals surface area contributed by atoms with Crippen LogP contribution >= 0.6 is 11.8 Å². The minimum Gasteiger partial charge on any atom is -0.383 e. The number of amides is 2. The molecule has 2 amide bonds. The van der Waals surface area contributed by atoms with E-state index in [0.29, 0.717) is 28.8 Å². The van der Waals surface area contributed by atoms with E-state index in [2.05, 4.69) is 22.4 Å². The van der Waals surface area contributed by atoms with Gasteiger partial charge in [0.1, 0.15) is 28.5 Å². The van der Waals surface area contributed by atoms with Gasteiger partial charge in [-0.3, -0.25) is 9.59 Å². The number of nitrogens with two attached hydrogens (primary N) is 2. The molecule has 1 aromatic heterocycles. The number of thioether (sulfide) groups is 1.